The van der Waals surface area contributed by atoms with E-state index in [9.17, 15) is 9.59 Å². The summed E-state index contributed by atoms with van der Waals surface area (Å²) in [7, 11) is 0. The molecule has 1 aromatic rings. The van der Waals surface area contributed by atoms with Gasteiger partial charge in [0.1, 0.15) is 12.9 Å². The molecule has 0 saturated heterocycles. The standard InChI is InChI=1S/C16H22O3/c1-4-15(18)19-12-16(3,5-2)14-8-6-13(7-9-14)10-11-17/h6-9,11H,4-5,10,12H2,1-3H3. The van der Waals surface area contributed by atoms with Gasteiger partial charge in [0.05, 0.1) is 0 Å². The van der Waals surface area contributed by atoms with E-state index in [2.05, 4.69) is 13.8 Å². The molecule has 0 N–H and O–H groups in total. The minimum Gasteiger partial charge on any atom is -0.465 e. The van der Waals surface area contributed by atoms with Crippen LogP contribution >= 0.6 is 0 Å². The Balaban J connectivity index is 2.82. The maximum Gasteiger partial charge on any atom is 0.305 e. The summed E-state index contributed by atoms with van der Waals surface area (Å²) in [4.78, 5) is 21.7. The quantitative estimate of drug-likeness (QED) is 0.560. The van der Waals surface area contributed by atoms with E-state index in [4.69, 9.17) is 4.74 Å². The van der Waals surface area contributed by atoms with Crippen molar-refractivity contribution in [2.45, 2.75) is 45.4 Å². The van der Waals surface area contributed by atoms with Crippen molar-refractivity contribution in [3.63, 3.8) is 0 Å². The Morgan fingerprint density at radius 2 is 1.89 bits per heavy atom. The average molecular weight is 262 g/mol. The molecule has 0 aliphatic heterocycles. The number of ether oxygens (including phenoxy) is 1. The monoisotopic (exact) mass is 262 g/mol. The second kappa shape index (κ2) is 7.07. The van der Waals surface area contributed by atoms with Crippen LogP contribution in [0.15, 0.2) is 24.3 Å². The van der Waals surface area contributed by atoms with Crippen molar-refractivity contribution in [1.29, 1.82) is 0 Å². The summed E-state index contributed by atoms with van der Waals surface area (Å²) in [5.74, 6) is -0.169. The van der Waals surface area contributed by atoms with E-state index >= 15 is 0 Å². The molecule has 104 valence electrons. The van der Waals surface area contributed by atoms with Crippen molar-refractivity contribution in [3.05, 3.63) is 35.4 Å². The van der Waals surface area contributed by atoms with Crippen molar-refractivity contribution in [3.8, 4) is 0 Å². The maximum atomic E-state index is 11.3. The molecule has 0 heterocycles. The van der Waals surface area contributed by atoms with Gasteiger partial charge >= 0.3 is 5.97 Å². The fourth-order valence-electron chi connectivity index (χ4n) is 1.87. The van der Waals surface area contributed by atoms with Gasteiger partial charge in [-0.25, -0.2) is 0 Å². The van der Waals surface area contributed by atoms with E-state index in [1.54, 1.807) is 6.92 Å². The molecule has 3 nitrogen and oxygen atoms in total. The van der Waals surface area contributed by atoms with Crippen LogP contribution in [0.3, 0.4) is 0 Å². The van der Waals surface area contributed by atoms with Gasteiger partial charge in [0, 0.05) is 18.3 Å². The van der Waals surface area contributed by atoms with Gasteiger partial charge in [-0.05, 0) is 17.5 Å². The van der Waals surface area contributed by atoms with E-state index < -0.39 is 0 Å². The molecule has 0 radical (unpaired) electrons. The summed E-state index contributed by atoms with van der Waals surface area (Å²) in [5.41, 5.74) is 1.96. The highest BCUT2D eigenvalue weighted by Crippen LogP contribution is 2.28. The van der Waals surface area contributed by atoms with Crippen molar-refractivity contribution in [1.82, 2.24) is 0 Å². The first-order valence-corrected chi connectivity index (χ1v) is 6.74. The van der Waals surface area contributed by atoms with Crippen LogP contribution in [-0.2, 0) is 26.2 Å². The number of hydrogen-bond acceptors (Lipinski definition) is 3. The topological polar surface area (TPSA) is 43.4 Å². The number of rotatable bonds is 7. The molecule has 0 fully saturated rings. The Hall–Kier alpha value is -1.64. The van der Waals surface area contributed by atoms with Crippen molar-refractivity contribution in [2.24, 2.45) is 0 Å². The Morgan fingerprint density at radius 1 is 1.26 bits per heavy atom. The highest BCUT2D eigenvalue weighted by atomic mass is 16.5. The molecular weight excluding hydrogens is 240 g/mol. The first-order chi connectivity index (χ1) is 9.05. The minimum absolute atomic E-state index is 0.169. The lowest BCUT2D eigenvalue weighted by Crippen LogP contribution is -2.29. The lowest BCUT2D eigenvalue weighted by molar-refractivity contribution is -0.145. The Bertz CT molecular complexity index is 422. The molecule has 1 aromatic carbocycles. The first kappa shape index (κ1) is 15.4. The van der Waals surface area contributed by atoms with Gasteiger partial charge in [-0.15, -0.1) is 0 Å². The van der Waals surface area contributed by atoms with Crippen LogP contribution in [0, 0.1) is 0 Å². The largest absolute Gasteiger partial charge is 0.465 e. The summed E-state index contributed by atoms with van der Waals surface area (Å²) in [5, 5.41) is 0. The molecule has 1 rings (SSSR count). The molecule has 0 saturated carbocycles. The fourth-order valence-corrected chi connectivity index (χ4v) is 1.87. The molecule has 0 aliphatic rings. The van der Waals surface area contributed by atoms with Crippen LogP contribution in [0.5, 0.6) is 0 Å². The molecule has 0 spiro atoms. The smallest absolute Gasteiger partial charge is 0.305 e. The molecule has 1 unspecified atom stereocenters. The number of benzene rings is 1. The highest BCUT2D eigenvalue weighted by Gasteiger charge is 2.26. The molecule has 0 amide bonds. The molecule has 3 heteroatoms. The van der Waals surface area contributed by atoms with Gasteiger partial charge in [-0.1, -0.05) is 45.0 Å². The molecule has 19 heavy (non-hydrogen) atoms. The van der Waals surface area contributed by atoms with Crippen LogP contribution in [-0.4, -0.2) is 18.9 Å². The van der Waals surface area contributed by atoms with Crippen LogP contribution in [0.2, 0.25) is 0 Å². The minimum atomic E-state index is -0.176. The van der Waals surface area contributed by atoms with Gasteiger partial charge in [-0.3, -0.25) is 4.79 Å². The summed E-state index contributed by atoms with van der Waals surface area (Å²) in [6, 6.07) is 7.95. The van der Waals surface area contributed by atoms with Gasteiger partial charge in [0.2, 0.25) is 0 Å². The molecule has 0 bridgehead atoms. The van der Waals surface area contributed by atoms with Gasteiger partial charge < -0.3 is 9.53 Å². The third-order valence-electron chi connectivity index (χ3n) is 3.59. The van der Waals surface area contributed by atoms with E-state index in [1.165, 1.54) is 0 Å². The van der Waals surface area contributed by atoms with Crippen LogP contribution in [0.25, 0.3) is 0 Å². The van der Waals surface area contributed by atoms with E-state index in [-0.39, 0.29) is 11.4 Å². The number of carbonyl (C=O) groups excluding carboxylic acids is 2. The van der Waals surface area contributed by atoms with Crippen molar-refractivity contribution < 1.29 is 14.3 Å². The summed E-state index contributed by atoms with van der Waals surface area (Å²) in [6.07, 6.45) is 2.63. The first-order valence-electron chi connectivity index (χ1n) is 6.74. The van der Waals surface area contributed by atoms with E-state index in [0.717, 1.165) is 23.8 Å². The van der Waals surface area contributed by atoms with Crippen LogP contribution in [0.4, 0.5) is 0 Å². The Morgan fingerprint density at radius 3 is 2.37 bits per heavy atom. The summed E-state index contributed by atoms with van der Waals surface area (Å²) in [6.45, 7) is 6.35. The lowest BCUT2D eigenvalue weighted by Gasteiger charge is -2.28. The molecule has 0 aromatic heterocycles. The SMILES string of the molecule is CCC(=O)OCC(C)(CC)c1ccc(CC=O)cc1. The lowest BCUT2D eigenvalue weighted by atomic mass is 9.80. The van der Waals surface area contributed by atoms with Gasteiger partial charge in [0.15, 0.2) is 0 Å². The average Bonchev–Trinajstić information content (AvgIpc) is 2.45. The van der Waals surface area contributed by atoms with E-state index in [0.29, 0.717) is 19.4 Å². The van der Waals surface area contributed by atoms with Crippen LogP contribution < -0.4 is 0 Å². The van der Waals surface area contributed by atoms with E-state index in [1.807, 2.05) is 24.3 Å². The Labute approximate surface area is 115 Å². The zero-order valence-corrected chi connectivity index (χ0v) is 11.9. The molecular formula is C16H22O3. The second-order valence-electron chi connectivity index (χ2n) is 5.00. The number of esters is 1. The number of carbonyl (C=O) groups is 2. The van der Waals surface area contributed by atoms with Gasteiger partial charge in [0.25, 0.3) is 0 Å². The number of aldehydes is 1. The van der Waals surface area contributed by atoms with Crippen molar-refractivity contribution >= 4 is 12.3 Å². The zero-order valence-electron chi connectivity index (χ0n) is 11.9. The number of hydrogen-bond donors (Lipinski definition) is 0. The highest BCUT2D eigenvalue weighted by molar-refractivity contribution is 5.69. The van der Waals surface area contributed by atoms with Crippen LogP contribution in [0.1, 0.15) is 44.7 Å². The third kappa shape index (κ3) is 4.19. The van der Waals surface area contributed by atoms with Crippen molar-refractivity contribution in [2.75, 3.05) is 6.61 Å². The normalized spacial score (nSPS) is 13.6. The summed E-state index contributed by atoms with van der Waals surface area (Å²) < 4.78 is 5.28. The zero-order chi connectivity index (χ0) is 14.3. The third-order valence-corrected chi connectivity index (χ3v) is 3.59. The fraction of sp³-hybridized carbons (Fsp3) is 0.500. The molecule has 0 aliphatic carbocycles. The predicted octanol–water partition coefficient (Wildman–Crippen LogP) is 3.05. The summed E-state index contributed by atoms with van der Waals surface area (Å²) >= 11 is 0. The molecule has 1 atom stereocenters. The van der Waals surface area contributed by atoms with Gasteiger partial charge in [-0.2, -0.15) is 0 Å². The Kier molecular flexibility index (Phi) is 5.74. The predicted molar refractivity (Wildman–Crippen MR) is 75.1 cm³/mol. The maximum absolute atomic E-state index is 11.3. The second-order valence-corrected chi connectivity index (χ2v) is 5.00.